The average molecular weight is 506 g/mol. The molecule has 1 saturated heterocycles. The monoisotopic (exact) mass is 505 g/mol. The average Bonchev–Trinajstić information content (AvgIpc) is 3.17. The summed E-state index contributed by atoms with van der Waals surface area (Å²) in [6.07, 6.45) is 0.0217. The first kappa shape index (κ1) is 24.5. The smallest absolute Gasteiger partial charge is 0.410 e. The molecule has 36 heavy (non-hydrogen) atoms. The maximum absolute atomic E-state index is 13.3. The van der Waals surface area contributed by atoms with Crippen molar-refractivity contribution in [2.75, 3.05) is 13.2 Å². The molecule has 2 aliphatic rings. The van der Waals surface area contributed by atoms with Gasteiger partial charge in [-0.05, 0) is 68.0 Å². The van der Waals surface area contributed by atoms with Gasteiger partial charge in [0.15, 0.2) is 0 Å². The molecule has 188 valence electrons. The summed E-state index contributed by atoms with van der Waals surface area (Å²) in [4.78, 5) is 15.0. The summed E-state index contributed by atoms with van der Waals surface area (Å²) in [6.45, 7) is 6.26. The van der Waals surface area contributed by atoms with E-state index >= 15 is 0 Å². The Morgan fingerprint density at radius 2 is 1.53 bits per heavy atom. The van der Waals surface area contributed by atoms with Crippen molar-refractivity contribution in [2.45, 2.75) is 56.1 Å². The molecule has 0 radical (unpaired) electrons. The number of hydrogen-bond donors (Lipinski definition) is 0. The number of carbonyl (C=O) groups is 1. The first-order valence-corrected chi connectivity index (χ1v) is 13.7. The van der Waals surface area contributed by atoms with Crippen molar-refractivity contribution in [2.24, 2.45) is 0 Å². The fraction of sp³-hybridized carbons (Fsp3) is 0.345. The number of likely N-dealkylation sites (tertiary alicyclic amines) is 1. The first-order chi connectivity index (χ1) is 17.2. The zero-order valence-corrected chi connectivity index (χ0v) is 21.6. The number of ether oxygens (including phenoxy) is 1. The number of piperidine rings is 1. The minimum atomic E-state index is -3.97. The van der Waals surface area contributed by atoms with E-state index in [0.29, 0.717) is 19.4 Å². The van der Waals surface area contributed by atoms with Crippen molar-refractivity contribution in [3.8, 4) is 11.1 Å². The standard InChI is InChI=1S/C29H31NO5S/c1-20-14-16-21(17-15-20)36(32,33)35-27-13-8-18-30(29(27,2)3)28(31)34-19-26-24-11-6-4-9-22(24)23-10-5-7-12-25(23)26/h4-7,9-12,14-17,26-27H,8,13,18-19H2,1-3H3. The zero-order valence-electron chi connectivity index (χ0n) is 20.8. The molecule has 1 aliphatic carbocycles. The fourth-order valence-corrected chi connectivity index (χ4v) is 6.55. The van der Waals surface area contributed by atoms with Gasteiger partial charge in [-0.3, -0.25) is 4.18 Å². The third-order valence-corrected chi connectivity index (χ3v) is 8.78. The van der Waals surface area contributed by atoms with Crippen molar-refractivity contribution >= 4 is 16.2 Å². The van der Waals surface area contributed by atoms with Gasteiger partial charge in [-0.2, -0.15) is 8.42 Å². The Hall–Kier alpha value is -3.16. The van der Waals surface area contributed by atoms with E-state index < -0.39 is 27.9 Å². The van der Waals surface area contributed by atoms with Gasteiger partial charge < -0.3 is 9.64 Å². The van der Waals surface area contributed by atoms with E-state index in [2.05, 4.69) is 24.3 Å². The molecule has 6 nitrogen and oxygen atoms in total. The molecule has 0 N–H and O–H groups in total. The van der Waals surface area contributed by atoms with Crippen molar-refractivity contribution in [3.63, 3.8) is 0 Å². The summed E-state index contributed by atoms with van der Waals surface area (Å²) in [5.74, 6) is -0.0387. The molecule has 0 spiro atoms. The highest BCUT2D eigenvalue weighted by molar-refractivity contribution is 7.86. The van der Waals surface area contributed by atoms with Crippen LogP contribution in [0.25, 0.3) is 11.1 Å². The lowest BCUT2D eigenvalue weighted by atomic mass is 9.88. The molecule has 3 aromatic rings. The minimum Gasteiger partial charge on any atom is -0.448 e. The number of fused-ring (bicyclic) bond motifs is 3. The SMILES string of the molecule is Cc1ccc(S(=O)(=O)OC2CCCN(C(=O)OCC3c4ccccc4-c4ccccc43)C2(C)C)cc1. The molecular formula is C29H31NO5S. The number of amides is 1. The predicted molar refractivity (Wildman–Crippen MR) is 138 cm³/mol. The fourth-order valence-electron chi connectivity index (χ4n) is 5.33. The van der Waals surface area contributed by atoms with E-state index in [0.717, 1.165) is 16.7 Å². The molecule has 7 heteroatoms. The largest absolute Gasteiger partial charge is 0.448 e. The van der Waals surface area contributed by atoms with Crippen molar-refractivity contribution < 1.29 is 22.1 Å². The van der Waals surface area contributed by atoms with Crippen LogP contribution in [0, 0.1) is 6.92 Å². The molecule has 1 aliphatic heterocycles. The minimum absolute atomic E-state index is 0.0387. The second-order valence-corrected chi connectivity index (χ2v) is 11.7. The van der Waals surface area contributed by atoms with Crippen LogP contribution in [-0.2, 0) is 19.0 Å². The van der Waals surface area contributed by atoms with Crippen LogP contribution in [-0.4, -0.2) is 44.2 Å². The van der Waals surface area contributed by atoms with Crippen LogP contribution in [0.4, 0.5) is 4.79 Å². The van der Waals surface area contributed by atoms with Crippen LogP contribution in [0.3, 0.4) is 0 Å². The van der Waals surface area contributed by atoms with Crippen LogP contribution in [0.1, 0.15) is 49.3 Å². The highest BCUT2D eigenvalue weighted by atomic mass is 32.2. The second-order valence-electron chi connectivity index (χ2n) is 10.1. The number of hydrogen-bond acceptors (Lipinski definition) is 5. The van der Waals surface area contributed by atoms with Gasteiger partial charge in [0, 0.05) is 12.5 Å². The highest BCUT2D eigenvalue weighted by Crippen LogP contribution is 2.44. The summed E-state index contributed by atoms with van der Waals surface area (Å²) in [7, 11) is -3.97. The molecule has 0 bridgehead atoms. The Labute approximate surface area is 213 Å². The highest BCUT2D eigenvalue weighted by Gasteiger charge is 2.45. The zero-order chi connectivity index (χ0) is 25.5. The van der Waals surface area contributed by atoms with Gasteiger partial charge in [0.05, 0.1) is 10.4 Å². The molecule has 0 saturated carbocycles. The summed E-state index contributed by atoms with van der Waals surface area (Å²) < 4.78 is 37.5. The van der Waals surface area contributed by atoms with Gasteiger partial charge in [0.25, 0.3) is 10.1 Å². The van der Waals surface area contributed by atoms with Gasteiger partial charge in [-0.15, -0.1) is 0 Å². The Balaban J connectivity index is 1.31. The Morgan fingerprint density at radius 3 is 2.14 bits per heavy atom. The predicted octanol–water partition coefficient (Wildman–Crippen LogP) is 5.89. The van der Waals surface area contributed by atoms with Gasteiger partial charge in [0.2, 0.25) is 0 Å². The number of nitrogens with zero attached hydrogens (tertiary/aromatic N) is 1. The topological polar surface area (TPSA) is 72.9 Å². The third kappa shape index (κ3) is 4.42. The first-order valence-electron chi connectivity index (χ1n) is 12.3. The summed E-state index contributed by atoms with van der Waals surface area (Å²) in [6, 6.07) is 23.0. The van der Waals surface area contributed by atoms with Crippen molar-refractivity contribution in [1.29, 1.82) is 0 Å². The molecule has 1 heterocycles. The second kappa shape index (κ2) is 9.37. The molecular weight excluding hydrogens is 474 g/mol. The van der Waals surface area contributed by atoms with Crippen LogP contribution >= 0.6 is 0 Å². The maximum atomic E-state index is 13.3. The Kier molecular flexibility index (Phi) is 6.39. The molecule has 1 atom stereocenters. The molecule has 1 unspecified atom stereocenters. The van der Waals surface area contributed by atoms with Crippen LogP contribution < -0.4 is 0 Å². The van der Waals surface area contributed by atoms with Crippen LogP contribution in [0.5, 0.6) is 0 Å². The van der Waals surface area contributed by atoms with E-state index in [9.17, 15) is 13.2 Å². The maximum Gasteiger partial charge on any atom is 0.410 e. The van der Waals surface area contributed by atoms with E-state index in [-0.39, 0.29) is 17.4 Å². The number of aryl methyl sites for hydroxylation is 1. The van der Waals surface area contributed by atoms with Crippen LogP contribution in [0.2, 0.25) is 0 Å². The third-order valence-electron chi connectivity index (χ3n) is 7.44. The quantitative estimate of drug-likeness (QED) is 0.404. The summed E-state index contributed by atoms with van der Waals surface area (Å²) in [5.41, 5.74) is 4.74. The van der Waals surface area contributed by atoms with E-state index in [1.807, 2.05) is 45.0 Å². The lowest BCUT2D eigenvalue weighted by molar-refractivity contribution is -0.0252. The molecule has 1 fully saturated rings. The normalized spacial score (nSPS) is 19.0. The van der Waals surface area contributed by atoms with Gasteiger partial charge in [-0.25, -0.2) is 4.79 Å². The molecule has 5 rings (SSSR count). The molecule has 0 aromatic heterocycles. The Morgan fingerprint density at radius 1 is 0.944 bits per heavy atom. The van der Waals surface area contributed by atoms with E-state index in [1.165, 1.54) is 11.1 Å². The lowest BCUT2D eigenvalue weighted by Gasteiger charge is -2.46. The molecule has 3 aromatic carbocycles. The summed E-state index contributed by atoms with van der Waals surface area (Å²) in [5, 5.41) is 0. The van der Waals surface area contributed by atoms with Gasteiger partial charge in [-0.1, -0.05) is 66.2 Å². The molecule has 1 amide bonds. The number of carbonyl (C=O) groups excluding carboxylic acids is 1. The van der Waals surface area contributed by atoms with Crippen LogP contribution in [0.15, 0.2) is 77.7 Å². The van der Waals surface area contributed by atoms with Crippen molar-refractivity contribution in [3.05, 3.63) is 89.5 Å². The van der Waals surface area contributed by atoms with E-state index in [4.69, 9.17) is 8.92 Å². The van der Waals surface area contributed by atoms with Gasteiger partial charge in [0.1, 0.15) is 12.7 Å². The summed E-state index contributed by atoms with van der Waals surface area (Å²) >= 11 is 0. The van der Waals surface area contributed by atoms with Gasteiger partial charge >= 0.3 is 6.09 Å². The Bertz CT molecular complexity index is 1340. The lowest BCUT2D eigenvalue weighted by Crippen LogP contribution is -2.59. The number of rotatable bonds is 5. The number of benzene rings is 3. The van der Waals surface area contributed by atoms with E-state index in [1.54, 1.807) is 29.2 Å². The van der Waals surface area contributed by atoms with Crippen molar-refractivity contribution in [1.82, 2.24) is 4.90 Å².